The van der Waals surface area contributed by atoms with Crippen molar-refractivity contribution in [1.29, 1.82) is 0 Å². The highest BCUT2D eigenvalue weighted by atomic mass is 16.5. The number of anilines is 1. The Labute approximate surface area is 160 Å². The number of carbonyl (C=O) groups is 2. The van der Waals surface area contributed by atoms with Crippen LogP contribution in [0.15, 0.2) is 48.5 Å². The minimum Gasteiger partial charge on any atom is -0.374 e. The Bertz CT molecular complexity index is 798. The van der Waals surface area contributed by atoms with Crippen LogP contribution in [-0.4, -0.2) is 17.8 Å². The van der Waals surface area contributed by atoms with Gasteiger partial charge >= 0.3 is 0 Å². The SMILES string of the molecule is CC(=O)c1ccc(C(=O)Nc2cccc(COC3CCCC(C)C3)c2)cc1. The average Bonchev–Trinajstić information content (AvgIpc) is 2.67. The molecule has 1 aliphatic rings. The first kappa shape index (κ1) is 19.3. The third-order valence-electron chi connectivity index (χ3n) is 5.11. The van der Waals surface area contributed by atoms with Crippen LogP contribution in [0.5, 0.6) is 0 Å². The quantitative estimate of drug-likeness (QED) is 0.713. The van der Waals surface area contributed by atoms with E-state index in [1.807, 2.05) is 24.3 Å². The number of hydrogen-bond donors (Lipinski definition) is 1. The number of amides is 1. The summed E-state index contributed by atoms with van der Waals surface area (Å²) < 4.78 is 6.07. The first-order valence-electron chi connectivity index (χ1n) is 9.64. The van der Waals surface area contributed by atoms with Crippen molar-refractivity contribution in [1.82, 2.24) is 0 Å². The van der Waals surface area contributed by atoms with Crippen LogP contribution < -0.4 is 5.32 Å². The summed E-state index contributed by atoms with van der Waals surface area (Å²) in [6.45, 7) is 4.36. The molecule has 0 saturated heterocycles. The summed E-state index contributed by atoms with van der Waals surface area (Å²) in [4.78, 5) is 23.8. The highest BCUT2D eigenvalue weighted by molar-refractivity contribution is 6.05. The van der Waals surface area contributed by atoms with Gasteiger partial charge in [0, 0.05) is 16.8 Å². The zero-order chi connectivity index (χ0) is 19.2. The van der Waals surface area contributed by atoms with Crippen LogP contribution in [0.3, 0.4) is 0 Å². The normalized spacial score (nSPS) is 19.5. The molecule has 3 rings (SSSR count). The summed E-state index contributed by atoms with van der Waals surface area (Å²) in [5.41, 5.74) is 2.92. The largest absolute Gasteiger partial charge is 0.374 e. The number of ketones is 1. The lowest BCUT2D eigenvalue weighted by atomic mass is 9.89. The molecule has 2 atom stereocenters. The molecule has 1 fully saturated rings. The van der Waals surface area contributed by atoms with Gasteiger partial charge in [-0.25, -0.2) is 0 Å². The van der Waals surface area contributed by atoms with E-state index in [-0.39, 0.29) is 11.7 Å². The predicted octanol–water partition coefficient (Wildman–Crippen LogP) is 5.24. The van der Waals surface area contributed by atoms with Crippen LogP contribution in [0.4, 0.5) is 5.69 Å². The molecule has 1 aliphatic carbocycles. The maximum Gasteiger partial charge on any atom is 0.255 e. The minimum absolute atomic E-state index is 0.0120. The van der Waals surface area contributed by atoms with Gasteiger partial charge in [0.1, 0.15) is 0 Å². The maximum atomic E-state index is 12.4. The summed E-state index contributed by atoms with van der Waals surface area (Å²) >= 11 is 0. The van der Waals surface area contributed by atoms with E-state index in [9.17, 15) is 9.59 Å². The van der Waals surface area contributed by atoms with Crippen LogP contribution in [0.25, 0.3) is 0 Å². The second kappa shape index (κ2) is 8.96. The number of rotatable bonds is 6. The van der Waals surface area contributed by atoms with E-state index in [4.69, 9.17) is 4.74 Å². The lowest BCUT2D eigenvalue weighted by Crippen LogP contribution is -2.21. The molecular formula is C23H27NO3. The third-order valence-corrected chi connectivity index (χ3v) is 5.11. The number of carbonyl (C=O) groups excluding carboxylic acids is 2. The minimum atomic E-state index is -0.190. The van der Waals surface area contributed by atoms with Gasteiger partial charge in [0.15, 0.2) is 5.78 Å². The molecule has 0 spiro atoms. The second-order valence-corrected chi connectivity index (χ2v) is 7.49. The van der Waals surface area contributed by atoms with E-state index in [1.54, 1.807) is 24.3 Å². The molecule has 0 bridgehead atoms. The molecule has 4 nitrogen and oxygen atoms in total. The number of Topliss-reactive ketones (excluding diaryl/α,β-unsaturated/α-hetero) is 1. The zero-order valence-electron chi connectivity index (χ0n) is 16.0. The van der Waals surface area contributed by atoms with Gasteiger partial charge < -0.3 is 10.1 Å². The highest BCUT2D eigenvalue weighted by Crippen LogP contribution is 2.26. The molecule has 1 amide bonds. The van der Waals surface area contributed by atoms with E-state index >= 15 is 0 Å². The molecule has 2 aromatic carbocycles. The molecule has 0 radical (unpaired) electrons. The standard InChI is InChI=1S/C23H27NO3/c1-16-5-3-8-22(13-16)27-15-18-6-4-7-21(14-18)24-23(26)20-11-9-19(10-12-20)17(2)25/h4,6-7,9-12,14,16,22H,3,5,8,13,15H2,1-2H3,(H,24,26). The van der Waals surface area contributed by atoms with Crippen molar-refractivity contribution in [3.63, 3.8) is 0 Å². The van der Waals surface area contributed by atoms with E-state index in [2.05, 4.69) is 12.2 Å². The zero-order valence-corrected chi connectivity index (χ0v) is 16.0. The molecule has 27 heavy (non-hydrogen) atoms. The monoisotopic (exact) mass is 365 g/mol. The van der Waals surface area contributed by atoms with Gasteiger partial charge in [0.25, 0.3) is 5.91 Å². The summed E-state index contributed by atoms with van der Waals surface area (Å²) in [5, 5.41) is 2.91. The smallest absolute Gasteiger partial charge is 0.255 e. The van der Waals surface area contributed by atoms with Crippen molar-refractivity contribution in [2.45, 2.75) is 52.2 Å². The van der Waals surface area contributed by atoms with Crippen LogP contribution in [0.1, 0.15) is 65.8 Å². The molecule has 142 valence electrons. The molecule has 1 N–H and O–H groups in total. The Balaban J connectivity index is 1.58. The van der Waals surface area contributed by atoms with Gasteiger partial charge in [-0.1, -0.05) is 44.0 Å². The molecule has 2 aromatic rings. The summed E-state index contributed by atoms with van der Waals surface area (Å²) in [6, 6.07) is 14.5. The van der Waals surface area contributed by atoms with E-state index in [0.717, 1.165) is 30.0 Å². The second-order valence-electron chi connectivity index (χ2n) is 7.49. The lowest BCUT2D eigenvalue weighted by Gasteiger charge is -2.26. The maximum absolute atomic E-state index is 12.4. The van der Waals surface area contributed by atoms with Gasteiger partial charge in [-0.2, -0.15) is 0 Å². The number of benzene rings is 2. The Morgan fingerprint density at radius 1 is 1.07 bits per heavy atom. The van der Waals surface area contributed by atoms with Gasteiger partial charge in [-0.15, -0.1) is 0 Å². The number of nitrogens with one attached hydrogen (secondary N) is 1. The van der Waals surface area contributed by atoms with Crippen LogP contribution in [0.2, 0.25) is 0 Å². The topological polar surface area (TPSA) is 55.4 Å². The Morgan fingerprint density at radius 2 is 1.81 bits per heavy atom. The fraction of sp³-hybridized carbons (Fsp3) is 0.391. The molecule has 1 saturated carbocycles. The highest BCUT2D eigenvalue weighted by Gasteiger charge is 2.19. The number of hydrogen-bond acceptors (Lipinski definition) is 3. The first-order chi connectivity index (χ1) is 13.0. The summed E-state index contributed by atoms with van der Waals surface area (Å²) in [6.07, 6.45) is 5.15. The van der Waals surface area contributed by atoms with E-state index < -0.39 is 0 Å². The average molecular weight is 365 g/mol. The summed E-state index contributed by atoms with van der Waals surface area (Å²) in [7, 11) is 0. The molecule has 2 unspecified atom stereocenters. The number of ether oxygens (including phenoxy) is 1. The lowest BCUT2D eigenvalue weighted by molar-refractivity contribution is 0.00468. The van der Waals surface area contributed by atoms with Gasteiger partial charge in [0.2, 0.25) is 0 Å². The van der Waals surface area contributed by atoms with Gasteiger partial charge in [-0.3, -0.25) is 9.59 Å². The Morgan fingerprint density at radius 3 is 2.52 bits per heavy atom. The fourth-order valence-electron chi connectivity index (χ4n) is 3.54. The first-order valence-corrected chi connectivity index (χ1v) is 9.64. The van der Waals surface area contributed by atoms with Gasteiger partial charge in [-0.05, 0) is 55.5 Å². The molecular weight excluding hydrogens is 338 g/mol. The third kappa shape index (κ3) is 5.51. The van der Waals surface area contributed by atoms with Crippen molar-refractivity contribution >= 4 is 17.4 Å². The van der Waals surface area contributed by atoms with Crippen LogP contribution >= 0.6 is 0 Å². The molecule has 0 heterocycles. The van der Waals surface area contributed by atoms with Crippen molar-refractivity contribution < 1.29 is 14.3 Å². The van der Waals surface area contributed by atoms with Crippen molar-refractivity contribution in [2.75, 3.05) is 5.32 Å². The van der Waals surface area contributed by atoms with Crippen LogP contribution in [0, 0.1) is 5.92 Å². The van der Waals surface area contributed by atoms with Crippen molar-refractivity contribution in [2.24, 2.45) is 5.92 Å². The molecule has 0 aliphatic heterocycles. The van der Waals surface area contributed by atoms with Crippen molar-refractivity contribution in [3.8, 4) is 0 Å². The Hall–Kier alpha value is -2.46. The molecule has 0 aromatic heterocycles. The van der Waals surface area contributed by atoms with E-state index in [0.29, 0.717) is 23.8 Å². The predicted molar refractivity (Wildman–Crippen MR) is 107 cm³/mol. The van der Waals surface area contributed by atoms with E-state index in [1.165, 1.54) is 19.8 Å². The summed E-state index contributed by atoms with van der Waals surface area (Å²) in [5.74, 6) is 0.537. The Kier molecular flexibility index (Phi) is 6.40. The van der Waals surface area contributed by atoms with Crippen molar-refractivity contribution in [3.05, 3.63) is 65.2 Å². The van der Waals surface area contributed by atoms with Crippen LogP contribution in [-0.2, 0) is 11.3 Å². The van der Waals surface area contributed by atoms with Gasteiger partial charge in [0.05, 0.1) is 12.7 Å². The molecule has 4 heteroatoms. The fourth-order valence-corrected chi connectivity index (χ4v) is 3.54.